The molecule has 1 unspecified atom stereocenters. The highest BCUT2D eigenvalue weighted by atomic mass is 32.2. The number of carbonyl (C=O) groups is 2. The second kappa shape index (κ2) is 12.4. The van der Waals surface area contributed by atoms with Gasteiger partial charge in [0.05, 0.1) is 24.4 Å². The number of carbonyl (C=O) groups excluding carboxylic acids is 2. The number of ether oxygens (including phenoxy) is 2. The number of amides is 2. The monoisotopic (exact) mass is 644 g/mol. The van der Waals surface area contributed by atoms with Gasteiger partial charge >= 0.3 is 6.09 Å². The van der Waals surface area contributed by atoms with Crippen molar-refractivity contribution in [2.45, 2.75) is 49.0 Å². The Morgan fingerprint density at radius 3 is 2.52 bits per heavy atom. The Hall–Kier alpha value is -4.51. The fourth-order valence-corrected chi connectivity index (χ4v) is 8.16. The lowest BCUT2D eigenvalue weighted by molar-refractivity contribution is -0.132. The van der Waals surface area contributed by atoms with Crippen molar-refractivity contribution >= 4 is 27.7 Å². The van der Waals surface area contributed by atoms with Crippen LogP contribution in [0.3, 0.4) is 0 Å². The van der Waals surface area contributed by atoms with Crippen molar-refractivity contribution in [2.75, 3.05) is 45.1 Å². The average molecular weight is 645 g/mol. The van der Waals surface area contributed by atoms with E-state index in [9.17, 15) is 18.5 Å². The summed E-state index contributed by atoms with van der Waals surface area (Å²) in [7, 11) is 0.112. The Morgan fingerprint density at radius 1 is 1.07 bits per heavy atom. The molecule has 3 aliphatic heterocycles. The molecular weight excluding hydrogens is 608 g/mol. The molecule has 240 valence electrons. The third kappa shape index (κ3) is 5.16. The molecule has 13 heteroatoms. The van der Waals surface area contributed by atoms with Crippen LogP contribution in [0.25, 0.3) is 0 Å². The van der Waals surface area contributed by atoms with Gasteiger partial charge in [-0.3, -0.25) is 9.69 Å². The van der Waals surface area contributed by atoms with Crippen molar-refractivity contribution < 1.29 is 27.5 Å². The third-order valence-electron chi connectivity index (χ3n) is 8.86. The van der Waals surface area contributed by atoms with E-state index < -0.39 is 33.8 Å². The molecule has 1 aromatic heterocycles. The normalized spacial score (nSPS) is 21.7. The van der Waals surface area contributed by atoms with Crippen LogP contribution in [0.4, 0.5) is 10.5 Å². The number of hydrogen-bond donors (Lipinski definition) is 0. The van der Waals surface area contributed by atoms with Crippen molar-refractivity contribution in [1.29, 1.82) is 5.26 Å². The predicted molar refractivity (Wildman–Crippen MR) is 168 cm³/mol. The number of fused-ring (bicyclic) bond motifs is 1. The van der Waals surface area contributed by atoms with Gasteiger partial charge in [-0.1, -0.05) is 18.2 Å². The molecule has 4 heterocycles. The molecule has 12 nitrogen and oxygen atoms in total. The van der Waals surface area contributed by atoms with Gasteiger partial charge in [-0.2, -0.15) is 18.0 Å². The first-order valence-electron chi connectivity index (χ1n) is 15.2. The second-order valence-corrected chi connectivity index (χ2v) is 13.6. The van der Waals surface area contributed by atoms with E-state index in [1.165, 1.54) is 42.5 Å². The summed E-state index contributed by atoms with van der Waals surface area (Å²) >= 11 is 0. The van der Waals surface area contributed by atoms with E-state index in [1.54, 1.807) is 37.2 Å². The molecule has 2 saturated heterocycles. The summed E-state index contributed by atoms with van der Waals surface area (Å²) < 4.78 is 41.2. The van der Waals surface area contributed by atoms with E-state index in [-0.39, 0.29) is 21.8 Å². The highest BCUT2D eigenvalue weighted by molar-refractivity contribution is 7.93. The van der Waals surface area contributed by atoms with Crippen LogP contribution >= 0.6 is 0 Å². The van der Waals surface area contributed by atoms with Crippen LogP contribution < -0.4 is 9.04 Å². The summed E-state index contributed by atoms with van der Waals surface area (Å²) in [6, 6.07) is 16.7. The number of sulfonamides is 1. The second-order valence-electron chi connectivity index (χ2n) is 11.9. The molecule has 0 aliphatic carbocycles. The number of benzene rings is 2. The summed E-state index contributed by atoms with van der Waals surface area (Å²) in [5, 5.41) is 9.65. The highest BCUT2D eigenvalue weighted by Crippen LogP contribution is 2.54. The zero-order valence-corrected chi connectivity index (χ0v) is 26.9. The molecular formula is C33H36N6O6S. The number of likely N-dealkylation sites (tertiary alicyclic amines) is 2. The molecule has 0 N–H and O–H groups in total. The van der Waals surface area contributed by atoms with E-state index in [1.807, 2.05) is 12.1 Å². The van der Waals surface area contributed by atoms with Crippen molar-refractivity contribution in [1.82, 2.24) is 19.7 Å². The van der Waals surface area contributed by atoms with E-state index in [0.717, 1.165) is 35.8 Å². The average Bonchev–Trinajstić information content (AvgIpc) is 3.80. The minimum absolute atomic E-state index is 0.0856. The van der Waals surface area contributed by atoms with Crippen molar-refractivity contribution in [3.8, 4) is 11.8 Å². The molecule has 0 radical (unpaired) electrons. The molecule has 6 rings (SSSR count). The Balaban J connectivity index is 1.61. The first-order valence-corrected chi connectivity index (χ1v) is 16.7. The molecule has 46 heavy (non-hydrogen) atoms. The van der Waals surface area contributed by atoms with Crippen LogP contribution in [0.5, 0.6) is 5.75 Å². The molecule has 0 saturated carbocycles. The first-order chi connectivity index (χ1) is 22.1. The largest absolute Gasteiger partial charge is 0.496 e. The van der Waals surface area contributed by atoms with Gasteiger partial charge in [0.25, 0.3) is 15.9 Å². The first kappa shape index (κ1) is 31.5. The van der Waals surface area contributed by atoms with E-state index in [2.05, 4.69) is 16.0 Å². The molecule has 3 aromatic rings. The number of pyridine rings is 1. The Morgan fingerprint density at radius 2 is 1.85 bits per heavy atom. The summed E-state index contributed by atoms with van der Waals surface area (Å²) in [6.07, 6.45) is 3.10. The lowest BCUT2D eigenvalue weighted by Crippen LogP contribution is -2.57. The summed E-state index contributed by atoms with van der Waals surface area (Å²) in [6.45, 7) is 2.97. The predicted octanol–water partition coefficient (Wildman–Crippen LogP) is 3.66. The zero-order chi connectivity index (χ0) is 32.6. The molecule has 2 amide bonds. The van der Waals surface area contributed by atoms with Gasteiger partial charge in [-0.15, -0.1) is 0 Å². The topological polar surface area (TPSA) is 136 Å². The minimum atomic E-state index is -4.53. The number of rotatable bonds is 8. The number of anilines is 1. The number of methoxy groups -OCH3 is 1. The molecule has 0 bridgehead atoms. The fraction of sp³-hybridized carbons (Fsp3) is 0.394. The van der Waals surface area contributed by atoms with Gasteiger partial charge in [0.15, 0.2) is 16.8 Å². The van der Waals surface area contributed by atoms with Crippen LogP contribution in [-0.2, 0) is 31.6 Å². The van der Waals surface area contributed by atoms with Crippen LogP contribution in [0, 0.1) is 11.3 Å². The van der Waals surface area contributed by atoms with Crippen molar-refractivity contribution in [2.24, 2.45) is 0 Å². The summed E-state index contributed by atoms with van der Waals surface area (Å²) in [5.41, 5.74) is 0.114. The quantitative estimate of drug-likeness (QED) is 0.357. The van der Waals surface area contributed by atoms with Crippen LogP contribution in [0.15, 0.2) is 65.8 Å². The molecule has 2 fully saturated rings. The van der Waals surface area contributed by atoms with E-state index >= 15 is 4.79 Å². The number of aromatic nitrogens is 1. The van der Waals surface area contributed by atoms with Crippen LogP contribution in [0.2, 0.25) is 0 Å². The van der Waals surface area contributed by atoms with Gasteiger partial charge in [0.2, 0.25) is 0 Å². The fourth-order valence-electron chi connectivity index (χ4n) is 6.76. The van der Waals surface area contributed by atoms with Gasteiger partial charge in [0, 0.05) is 44.5 Å². The maximum atomic E-state index is 15.3. The lowest BCUT2D eigenvalue weighted by atomic mass is 9.80. The molecule has 2 atom stereocenters. The van der Waals surface area contributed by atoms with Crippen LogP contribution in [-0.4, -0.2) is 87.2 Å². The number of hydrogen-bond acceptors (Lipinski definition) is 10. The summed E-state index contributed by atoms with van der Waals surface area (Å²) in [5.74, 6) is -0.429. The lowest BCUT2D eigenvalue weighted by Gasteiger charge is -2.41. The SMILES string of the molecule is COc1cc(CN2CCCC2)ccc1C1(N2CCC[C@@H]2OC(=O)N(C)C)C(=O)N(S(=O)(=O)c2ccccn2)c2ccc(C#N)cc21. The van der Waals surface area contributed by atoms with E-state index in [0.29, 0.717) is 37.2 Å². The maximum absolute atomic E-state index is 15.3. The molecule has 2 aromatic carbocycles. The van der Waals surface area contributed by atoms with Crippen LogP contribution in [0.1, 0.15) is 47.9 Å². The van der Waals surface area contributed by atoms with Crippen molar-refractivity contribution in [3.05, 3.63) is 83.0 Å². The minimum Gasteiger partial charge on any atom is -0.496 e. The summed E-state index contributed by atoms with van der Waals surface area (Å²) in [4.78, 5) is 37.6. The Bertz CT molecular complexity index is 1800. The molecule has 3 aliphatic rings. The Labute approximate surface area is 268 Å². The van der Waals surface area contributed by atoms with E-state index in [4.69, 9.17) is 9.47 Å². The van der Waals surface area contributed by atoms with Gasteiger partial charge in [-0.05, 0) is 80.7 Å². The highest BCUT2D eigenvalue weighted by Gasteiger charge is 2.63. The number of nitriles is 1. The standard InChI is InChI=1S/C33H36N6O6S/c1-36(2)32(41)45-30-10-8-18-38(30)33(25-13-11-24(20-28(25)44-3)22-37-16-6-7-17-37)26-19-23(21-34)12-14-27(26)39(31(33)40)46(42,43)29-9-4-5-15-35-29/h4-5,9,11-15,19-20,30H,6-8,10,16-18,22H2,1-3H3/t30-,33?/m0/s1. The van der Waals surface area contributed by atoms with Gasteiger partial charge < -0.3 is 14.4 Å². The third-order valence-corrected chi connectivity index (χ3v) is 10.5. The smallest absolute Gasteiger partial charge is 0.410 e. The number of nitrogens with zero attached hydrogens (tertiary/aromatic N) is 6. The maximum Gasteiger partial charge on any atom is 0.410 e. The zero-order valence-electron chi connectivity index (χ0n) is 26.0. The van der Waals surface area contributed by atoms with Gasteiger partial charge in [0.1, 0.15) is 5.75 Å². The molecule has 0 spiro atoms. The Kier molecular flexibility index (Phi) is 8.45. The van der Waals surface area contributed by atoms with Crippen molar-refractivity contribution in [3.63, 3.8) is 0 Å². The van der Waals surface area contributed by atoms with Gasteiger partial charge in [-0.25, -0.2) is 14.7 Å².